The Bertz CT molecular complexity index is 706. The van der Waals surface area contributed by atoms with Crippen LogP contribution in [0, 0.1) is 0 Å². The van der Waals surface area contributed by atoms with Gasteiger partial charge in [0, 0.05) is 18.0 Å². The monoisotopic (exact) mass is 252 g/mol. The number of rotatable bonds is 2. The summed E-state index contributed by atoms with van der Waals surface area (Å²) < 4.78 is 1.87. The SMILES string of the molecule is Nc1ccc(-c2cn(-c3cccnc3)cn2)cc1O. The Kier molecular flexibility index (Phi) is 2.64. The predicted octanol–water partition coefficient (Wildman–Crippen LogP) is 2.22. The number of imidazole rings is 1. The fraction of sp³-hybridized carbons (Fsp3) is 0. The van der Waals surface area contributed by atoms with Crippen LogP contribution in [0.1, 0.15) is 0 Å². The largest absolute Gasteiger partial charge is 0.506 e. The van der Waals surface area contributed by atoms with Crippen LogP contribution in [0.15, 0.2) is 55.2 Å². The Morgan fingerprint density at radius 3 is 2.84 bits per heavy atom. The van der Waals surface area contributed by atoms with E-state index in [-0.39, 0.29) is 5.75 Å². The predicted molar refractivity (Wildman–Crippen MR) is 72.9 cm³/mol. The van der Waals surface area contributed by atoms with Gasteiger partial charge in [-0.25, -0.2) is 4.98 Å². The molecular weight excluding hydrogens is 240 g/mol. The molecule has 0 spiro atoms. The highest BCUT2D eigenvalue weighted by Crippen LogP contribution is 2.27. The van der Waals surface area contributed by atoms with Crippen LogP contribution in [0.5, 0.6) is 5.75 Å². The van der Waals surface area contributed by atoms with Crippen LogP contribution in [-0.2, 0) is 0 Å². The second-order valence-corrected chi connectivity index (χ2v) is 4.15. The van der Waals surface area contributed by atoms with Gasteiger partial charge in [0.05, 0.1) is 29.6 Å². The molecule has 19 heavy (non-hydrogen) atoms. The van der Waals surface area contributed by atoms with Gasteiger partial charge in [-0.15, -0.1) is 0 Å². The number of aromatic nitrogens is 3. The summed E-state index contributed by atoms with van der Waals surface area (Å²) in [6.45, 7) is 0. The molecule has 3 aromatic rings. The molecular formula is C14H12N4O. The minimum atomic E-state index is 0.0634. The van der Waals surface area contributed by atoms with E-state index in [1.807, 2.05) is 29.0 Å². The molecule has 0 fully saturated rings. The summed E-state index contributed by atoms with van der Waals surface area (Å²) in [6.07, 6.45) is 7.06. The normalized spacial score (nSPS) is 10.5. The third-order valence-corrected chi connectivity index (χ3v) is 2.85. The zero-order valence-corrected chi connectivity index (χ0v) is 10.1. The van der Waals surface area contributed by atoms with Crippen LogP contribution >= 0.6 is 0 Å². The van der Waals surface area contributed by atoms with E-state index in [0.29, 0.717) is 5.69 Å². The Morgan fingerprint density at radius 1 is 1.21 bits per heavy atom. The lowest BCUT2D eigenvalue weighted by molar-refractivity contribution is 0.478. The van der Waals surface area contributed by atoms with Crippen molar-refractivity contribution in [3.05, 3.63) is 55.2 Å². The van der Waals surface area contributed by atoms with E-state index < -0.39 is 0 Å². The van der Waals surface area contributed by atoms with Crippen molar-refractivity contribution in [3.63, 3.8) is 0 Å². The number of anilines is 1. The Hall–Kier alpha value is -2.82. The van der Waals surface area contributed by atoms with Crippen LogP contribution in [0.2, 0.25) is 0 Å². The summed E-state index contributed by atoms with van der Waals surface area (Å²) in [5.74, 6) is 0.0634. The molecule has 0 unspecified atom stereocenters. The number of pyridine rings is 1. The number of aromatic hydroxyl groups is 1. The number of phenolic OH excluding ortho intramolecular Hbond substituents is 1. The van der Waals surface area contributed by atoms with Gasteiger partial charge in [0.15, 0.2) is 0 Å². The van der Waals surface area contributed by atoms with Crippen molar-refractivity contribution in [1.82, 2.24) is 14.5 Å². The summed E-state index contributed by atoms with van der Waals surface area (Å²) in [7, 11) is 0. The molecule has 1 aromatic carbocycles. The summed E-state index contributed by atoms with van der Waals surface area (Å²) in [5, 5.41) is 9.62. The minimum absolute atomic E-state index is 0.0634. The molecule has 3 N–H and O–H groups in total. The van der Waals surface area contributed by atoms with E-state index in [1.165, 1.54) is 0 Å². The third-order valence-electron chi connectivity index (χ3n) is 2.85. The number of hydrogen-bond donors (Lipinski definition) is 2. The van der Waals surface area contributed by atoms with Crippen LogP contribution < -0.4 is 5.73 Å². The number of nitrogens with two attached hydrogens (primary N) is 1. The lowest BCUT2D eigenvalue weighted by Gasteiger charge is -2.01. The zero-order chi connectivity index (χ0) is 13.2. The van der Waals surface area contributed by atoms with Gasteiger partial charge in [0.2, 0.25) is 0 Å². The molecule has 94 valence electrons. The van der Waals surface area contributed by atoms with Gasteiger partial charge in [-0.05, 0) is 24.3 Å². The first kappa shape index (κ1) is 11.3. The number of benzene rings is 1. The van der Waals surface area contributed by atoms with Gasteiger partial charge in [-0.2, -0.15) is 0 Å². The first-order valence-electron chi connectivity index (χ1n) is 5.77. The molecule has 0 atom stereocenters. The lowest BCUT2D eigenvalue weighted by atomic mass is 10.1. The van der Waals surface area contributed by atoms with E-state index in [9.17, 15) is 5.11 Å². The lowest BCUT2D eigenvalue weighted by Crippen LogP contribution is -1.89. The van der Waals surface area contributed by atoms with Crippen LogP contribution in [0.4, 0.5) is 5.69 Å². The van der Waals surface area contributed by atoms with E-state index in [1.54, 1.807) is 30.9 Å². The highest BCUT2D eigenvalue weighted by Gasteiger charge is 2.06. The number of hydrogen-bond acceptors (Lipinski definition) is 4. The van der Waals surface area contributed by atoms with Crippen molar-refractivity contribution >= 4 is 5.69 Å². The fourth-order valence-electron chi connectivity index (χ4n) is 1.82. The van der Waals surface area contributed by atoms with Gasteiger partial charge in [-0.1, -0.05) is 6.07 Å². The molecule has 3 rings (SSSR count). The van der Waals surface area contributed by atoms with Gasteiger partial charge >= 0.3 is 0 Å². The smallest absolute Gasteiger partial charge is 0.139 e. The van der Waals surface area contributed by atoms with Gasteiger partial charge in [0.1, 0.15) is 5.75 Å². The third kappa shape index (κ3) is 2.13. The van der Waals surface area contributed by atoms with Crippen molar-refractivity contribution in [2.45, 2.75) is 0 Å². The second kappa shape index (κ2) is 4.45. The van der Waals surface area contributed by atoms with Crippen molar-refractivity contribution in [2.75, 3.05) is 5.73 Å². The van der Waals surface area contributed by atoms with Gasteiger partial charge < -0.3 is 15.4 Å². The maximum absolute atomic E-state index is 9.62. The average molecular weight is 252 g/mol. The van der Waals surface area contributed by atoms with Crippen molar-refractivity contribution in [3.8, 4) is 22.7 Å². The highest BCUT2D eigenvalue weighted by atomic mass is 16.3. The summed E-state index contributed by atoms with van der Waals surface area (Å²) >= 11 is 0. The summed E-state index contributed by atoms with van der Waals surface area (Å²) in [5.41, 5.74) is 8.44. The maximum Gasteiger partial charge on any atom is 0.139 e. The molecule has 5 nitrogen and oxygen atoms in total. The second-order valence-electron chi connectivity index (χ2n) is 4.15. The summed E-state index contributed by atoms with van der Waals surface area (Å²) in [6, 6.07) is 8.90. The maximum atomic E-state index is 9.62. The van der Waals surface area contributed by atoms with E-state index in [4.69, 9.17) is 5.73 Å². The Morgan fingerprint density at radius 2 is 2.11 bits per heavy atom. The molecule has 2 heterocycles. The Balaban J connectivity index is 1.99. The quantitative estimate of drug-likeness (QED) is 0.541. The molecule has 0 aliphatic heterocycles. The number of nitrogens with zero attached hydrogens (tertiary/aromatic N) is 3. The first-order chi connectivity index (χ1) is 9.24. The molecule has 5 heteroatoms. The van der Waals surface area contributed by atoms with E-state index in [0.717, 1.165) is 16.9 Å². The first-order valence-corrected chi connectivity index (χ1v) is 5.77. The number of nitrogen functional groups attached to an aromatic ring is 1. The van der Waals surface area contributed by atoms with Gasteiger partial charge in [-0.3, -0.25) is 4.98 Å². The minimum Gasteiger partial charge on any atom is -0.506 e. The average Bonchev–Trinajstić information content (AvgIpc) is 2.93. The van der Waals surface area contributed by atoms with Crippen molar-refractivity contribution in [1.29, 1.82) is 0 Å². The molecule has 0 bridgehead atoms. The molecule has 0 amide bonds. The molecule has 2 aromatic heterocycles. The summed E-state index contributed by atoms with van der Waals surface area (Å²) in [4.78, 5) is 8.38. The van der Waals surface area contributed by atoms with Gasteiger partial charge in [0.25, 0.3) is 0 Å². The molecule has 0 aliphatic carbocycles. The van der Waals surface area contributed by atoms with Crippen LogP contribution in [0.25, 0.3) is 16.9 Å². The molecule has 0 saturated carbocycles. The number of phenols is 1. The fourth-order valence-corrected chi connectivity index (χ4v) is 1.82. The van der Waals surface area contributed by atoms with E-state index >= 15 is 0 Å². The van der Waals surface area contributed by atoms with Crippen molar-refractivity contribution < 1.29 is 5.11 Å². The van der Waals surface area contributed by atoms with E-state index in [2.05, 4.69) is 9.97 Å². The van der Waals surface area contributed by atoms with Crippen molar-refractivity contribution in [2.24, 2.45) is 0 Å². The standard InChI is InChI=1S/C14H12N4O/c15-12-4-3-10(6-14(12)19)13-8-18(9-17-13)11-2-1-5-16-7-11/h1-9,19H,15H2. The van der Waals surface area contributed by atoms with Crippen LogP contribution in [-0.4, -0.2) is 19.6 Å². The topological polar surface area (TPSA) is 77.0 Å². The molecule has 0 saturated heterocycles. The molecule has 0 radical (unpaired) electrons. The zero-order valence-electron chi connectivity index (χ0n) is 10.1. The highest BCUT2D eigenvalue weighted by molar-refractivity contribution is 5.66. The molecule has 0 aliphatic rings. The van der Waals surface area contributed by atoms with Crippen LogP contribution in [0.3, 0.4) is 0 Å². The Labute approximate surface area is 110 Å².